The average molecular weight is 258 g/mol. The van der Waals surface area contributed by atoms with Gasteiger partial charge in [-0.15, -0.1) is 0 Å². The van der Waals surface area contributed by atoms with Crippen molar-refractivity contribution in [2.45, 2.75) is 19.4 Å². The largest absolute Gasteiger partial charge is 0.345 e. The van der Waals surface area contributed by atoms with E-state index in [4.69, 9.17) is 0 Å². The van der Waals surface area contributed by atoms with E-state index in [9.17, 15) is 9.18 Å². The Labute approximate surface area is 111 Å². The summed E-state index contributed by atoms with van der Waals surface area (Å²) < 4.78 is 13.2. The van der Waals surface area contributed by atoms with Crippen LogP contribution in [0.3, 0.4) is 0 Å². The van der Waals surface area contributed by atoms with Crippen molar-refractivity contribution in [3.63, 3.8) is 0 Å². The van der Waals surface area contributed by atoms with Crippen LogP contribution < -0.4 is 5.32 Å². The number of pyridine rings is 1. The van der Waals surface area contributed by atoms with Gasteiger partial charge in [0.2, 0.25) is 0 Å². The van der Waals surface area contributed by atoms with Gasteiger partial charge in [-0.2, -0.15) is 0 Å². The predicted molar refractivity (Wildman–Crippen MR) is 71.1 cm³/mol. The van der Waals surface area contributed by atoms with Crippen LogP contribution in [-0.4, -0.2) is 10.9 Å². The number of benzene rings is 1. The fourth-order valence-corrected chi connectivity index (χ4v) is 1.88. The van der Waals surface area contributed by atoms with E-state index in [-0.39, 0.29) is 17.8 Å². The first-order valence-electron chi connectivity index (χ1n) is 6.17. The van der Waals surface area contributed by atoms with E-state index < -0.39 is 0 Å². The average Bonchev–Trinajstić information content (AvgIpc) is 2.45. The molecule has 0 saturated carbocycles. The van der Waals surface area contributed by atoms with Crippen LogP contribution in [0.15, 0.2) is 48.8 Å². The molecule has 1 unspecified atom stereocenters. The van der Waals surface area contributed by atoms with Gasteiger partial charge in [0.25, 0.3) is 5.91 Å². The number of carbonyl (C=O) groups excluding carboxylic acids is 1. The van der Waals surface area contributed by atoms with Crippen molar-refractivity contribution in [2.24, 2.45) is 0 Å². The Bertz CT molecular complexity index is 557. The molecule has 3 nitrogen and oxygen atoms in total. The molecule has 0 aliphatic carbocycles. The molecule has 1 aromatic heterocycles. The molecule has 0 radical (unpaired) electrons. The van der Waals surface area contributed by atoms with Crippen LogP contribution in [0.1, 0.15) is 35.3 Å². The Morgan fingerprint density at radius 2 is 2.21 bits per heavy atom. The molecular formula is C15H15FN2O. The molecule has 1 heterocycles. The SMILES string of the molecule is CCC(NC(=O)c1cccnc1)c1cccc(F)c1. The van der Waals surface area contributed by atoms with Crippen molar-refractivity contribution in [1.82, 2.24) is 10.3 Å². The lowest BCUT2D eigenvalue weighted by Gasteiger charge is -2.17. The maximum atomic E-state index is 13.2. The highest BCUT2D eigenvalue weighted by molar-refractivity contribution is 5.94. The number of hydrogen-bond donors (Lipinski definition) is 1. The van der Waals surface area contributed by atoms with Gasteiger partial charge in [-0.1, -0.05) is 19.1 Å². The van der Waals surface area contributed by atoms with Crippen molar-refractivity contribution >= 4 is 5.91 Å². The van der Waals surface area contributed by atoms with Crippen molar-refractivity contribution in [3.8, 4) is 0 Å². The first kappa shape index (κ1) is 13.2. The van der Waals surface area contributed by atoms with Crippen LogP contribution in [0.2, 0.25) is 0 Å². The highest BCUT2D eigenvalue weighted by Gasteiger charge is 2.14. The van der Waals surface area contributed by atoms with Crippen LogP contribution >= 0.6 is 0 Å². The van der Waals surface area contributed by atoms with E-state index in [1.54, 1.807) is 30.5 Å². The third-order valence-corrected chi connectivity index (χ3v) is 2.89. The van der Waals surface area contributed by atoms with Crippen LogP contribution in [0, 0.1) is 5.82 Å². The molecule has 1 atom stereocenters. The second-order valence-corrected chi connectivity index (χ2v) is 4.23. The third-order valence-electron chi connectivity index (χ3n) is 2.89. The highest BCUT2D eigenvalue weighted by atomic mass is 19.1. The van der Waals surface area contributed by atoms with E-state index in [1.807, 2.05) is 6.92 Å². The van der Waals surface area contributed by atoms with Gasteiger partial charge in [-0.05, 0) is 36.2 Å². The summed E-state index contributed by atoms with van der Waals surface area (Å²) in [6, 6.07) is 9.48. The molecule has 98 valence electrons. The molecule has 1 N–H and O–H groups in total. The molecule has 0 spiro atoms. The van der Waals surface area contributed by atoms with Crippen LogP contribution in [0.25, 0.3) is 0 Å². The number of nitrogens with zero attached hydrogens (tertiary/aromatic N) is 1. The molecule has 2 aromatic rings. The molecule has 0 bridgehead atoms. The van der Waals surface area contributed by atoms with E-state index in [1.165, 1.54) is 18.3 Å². The van der Waals surface area contributed by atoms with Gasteiger partial charge < -0.3 is 5.32 Å². The zero-order valence-electron chi connectivity index (χ0n) is 10.6. The van der Waals surface area contributed by atoms with E-state index in [0.717, 1.165) is 5.56 Å². The summed E-state index contributed by atoms with van der Waals surface area (Å²) >= 11 is 0. The number of hydrogen-bond acceptors (Lipinski definition) is 2. The first-order valence-corrected chi connectivity index (χ1v) is 6.17. The lowest BCUT2D eigenvalue weighted by molar-refractivity contribution is 0.0935. The van der Waals surface area contributed by atoms with Gasteiger partial charge in [0, 0.05) is 12.4 Å². The fraction of sp³-hybridized carbons (Fsp3) is 0.200. The van der Waals surface area contributed by atoms with E-state index in [0.29, 0.717) is 12.0 Å². The summed E-state index contributed by atoms with van der Waals surface area (Å²) in [4.78, 5) is 15.9. The van der Waals surface area contributed by atoms with E-state index >= 15 is 0 Å². The zero-order valence-corrected chi connectivity index (χ0v) is 10.6. The van der Waals surface area contributed by atoms with Crippen LogP contribution in [-0.2, 0) is 0 Å². The number of amides is 1. The number of halogens is 1. The zero-order chi connectivity index (χ0) is 13.7. The normalized spacial score (nSPS) is 11.9. The Hall–Kier alpha value is -2.23. The fourth-order valence-electron chi connectivity index (χ4n) is 1.88. The van der Waals surface area contributed by atoms with E-state index in [2.05, 4.69) is 10.3 Å². The van der Waals surface area contributed by atoms with Crippen molar-refractivity contribution in [3.05, 3.63) is 65.7 Å². The number of aromatic nitrogens is 1. The lowest BCUT2D eigenvalue weighted by Crippen LogP contribution is -2.28. The molecule has 0 fully saturated rings. The molecule has 19 heavy (non-hydrogen) atoms. The maximum Gasteiger partial charge on any atom is 0.253 e. The lowest BCUT2D eigenvalue weighted by atomic mass is 10.0. The van der Waals surface area contributed by atoms with Crippen LogP contribution in [0.4, 0.5) is 4.39 Å². The smallest absolute Gasteiger partial charge is 0.253 e. The molecular weight excluding hydrogens is 243 g/mol. The summed E-state index contributed by atoms with van der Waals surface area (Å²) in [6.07, 6.45) is 3.81. The monoisotopic (exact) mass is 258 g/mol. The Morgan fingerprint density at radius 1 is 1.37 bits per heavy atom. The van der Waals surface area contributed by atoms with Crippen molar-refractivity contribution in [2.75, 3.05) is 0 Å². The summed E-state index contributed by atoms with van der Waals surface area (Å²) in [5.74, 6) is -0.504. The summed E-state index contributed by atoms with van der Waals surface area (Å²) in [5, 5.41) is 2.88. The van der Waals surface area contributed by atoms with Gasteiger partial charge in [-0.3, -0.25) is 9.78 Å². The predicted octanol–water partition coefficient (Wildman–Crippen LogP) is 3.10. The summed E-state index contributed by atoms with van der Waals surface area (Å²) in [7, 11) is 0. The highest BCUT2D eigenvalue weighted by Crippen LogP contribution is 2.18. The Balaban J connectivity index is 2.14. The number of carbonyl (C=O) groups is 1. The van der Waals surface area contributed by atoms with Gasteiger partial charge >= 0.3 is 0 Å². The van der Waals surface area contributed by atoms with Crippen molar-refractivity contribution in [1.29, 1.82) is 0 Å². The minimum Gasteiger partial charge on any atom is -0.345 e. The molecule has 2 rings (SSSR count). The van der Waals surface area contributed by atoms with Crippen molar-refractivity contribution < 1.29 is 9.18 Å². The standard InChI is InChI=1S/C15H15FN2O/c1-2-14(11-5-3-7-13(16)9-11)18-15(19)12-6-4-8-17-10-12/h3-10,14H,2H2,1H3,(H,18,19). The number of rotatable bonds is 4. The van der Waals surface area contributed by atoms with Gasteiger partial charge in [0.15, 0.2) is 0 Å². The second kappa shape index (κ2) is 6.09. The topological polar surface area (TPSA) is 42.0 Å². The second-order valence-electron chi connectivity index (χ2n) is 4.23. The number of nitrogens with one attached hydrogen (secondary N) is 1. The molecule has 0 saturated heterocycles. The maximum absolute atomic E-state index is 13.2. The molecule has 4 heteroatoms. The first-order chi connectivity index (χ1) is 9.20. The minimum absolute atomic E-state index is 0.204. The summed E-state index contributed by atoms with van der Waals surface area (Å²) in [5.41, 5.74) is 1.26. The van der Waals surface area contributed by atoms with Gasteiger partial charge in [-0.25, -0.2) is 4.39 Å². The third kappa shape index (κ3) is 3.37. The molecule has 0 aliphatic heterocycles. The van der Waals surface area contributed by atoms with Crippen LogP contribution in [0.5, 0.6) is 0 Å². The quantitative estimate of drug-likeness (QED) is 0.915. The Morgan fingerprint density at radius 3 is 2.84 bits per heavy atom. The molecule has 1 aromatic carbocycles. The molecule has 0 aliphatic rings. The molecule has 1 amide bonds. The Kier molecular flexibility index (Phi) is 4.23. The van der Waals surface area contributed by atoms with Gasteiger partial charge in [0.1, 0.15) is 5.82 Å². The van der Waals surface area contributed by atoms with Gasteiger partial charge in [0.05, 0.1) is 11.6 Å². The minimum atomic E-state index is -0.299. The summed E-state index contributed by atoms with van der Waals surface area (Å²) in [6.45, 7) is 1.94.